The average molecular weight is 353 g/mol. The lowest BCUT2D eigenvalue weighted by Gasteiger charge is -2.29. The number of nitrogens with one attached hydrogen (secondary N) is 1. The van der Waals surface area contributed by atoms with Gasteiger partial charge in [0.15, 0.2) is 0 Å². The third-order valence-corrected chi connectivity index (χ3v) is 4.04. The summed E-state index contributed by atoms with van der Waals surface area (Å²) >= 11 is 0. The maximum atomic E-state index is 3.78. The van der Waals surface area contributed by atoms with Crippen LogP contribution in [0, 0.1) is 0 Å². The van der Waals surface area contributed by atoms with Gasteiger partial charge in [0.05, 0.1) is 12.2 Å². The Labute approximate surface area is 152 Å². The molecule has 1 fully saturated rings. The fourth-order valence-corrected chi connectivity index (χ4v) is 2.45. The Morgan fingerprint density at radius 1 is 0.880 bits per heavy atom. The maximum absolute atomic E-state index is 3.78. The molecule has 3 rings (SSSR count). The van der Waals surface area contributed by atoms with Crippen molar-refractivity contribution in [2.24, 2.45) is 10.3 Å². The second-order valence-electron chi connectivity index (χ2n) is 7.15. The third-order valence-electron chi connectivity index (χ3n) is 4.04. The summed E-state index contributed by atoms with van der Waals surface area (Å²) in [6.07, 6.45) is 7.81. The number of hydrogen-bond acceptors (Lipinski definition) is 7. The molecule has 1 aromatic heterocycles. The van der Waals surface area contributed by atoms with E-state index in [0.29, 0.717) is 18.8 Å². The van der Waals surface area contributed by atoms with E-state index in [4.69, 9.17) is 0 Å². The molecule has 144 valence electrons. The summed E-state index contributed by atoms with van der Waals surface area (Å²) in [4.78, 5) is 2.56. The molecule has 0 aliphatic carbocycles. The van der Waals surface area contributed by atoms with E-state index >= 15 is 0 Å². The zero-order valence-corrected chi connectivity index (χ0v) is 16.8. The molecule has 1 aromatic rings. The molecular weight excluding hydrogens is 316 g/mol. The zero-order chi connectivity index (χ0) is 18.7. The van der Waals surface area contributed by atoms with Crippen LogP contribution in [0.5, 0.6) is 0 Å². The Balaban J connectivity index is 0.000000188. The van der Waals surface area contributed by atoms with Gasteiger partial charge in [0.1, 0.15) is 6.67 Å². The Bertz CT molecular complexity index is 449. The molecule has 1 N–H and O–H groups in total. The number of likely N-dealkylation sites (tertiary alicyclic amines) is 1. The smallest absolute Gasteiger partial charge is 0.130 e. The van der Waals surface area contributed by atoms with Crippen molar-refractivity contribution >= 4 is 0 Å². The van der Waals surface area contributed by atoms with Gasteiger partial charge in [-0.25, -0.2) is 5.12 Å². The number of aromatic nitrogens is 3. The van der Waals surface area contributed by atoms with Crippen molar-refractivity contribution in [3.05, 3.63) is 12.4 Å². The van der Waals surface area contributed by atoms with E-state index in [9.17, 15) is 0 Å². The molecule has 8 heteroatoms. The van der Waals surface area contributed by atoms with Crippen molar-refractivity contribution in [2.45, 2.75) is 78.9 Å². The maximum Gasteiger partial charge on any atom is 0.130 e. The molecular formula is C17H36N8. The van der Waals surface area contributed by atoms with E-state index < -0.39 is 0 Å². The molecule has 8 nitrogen and oxygen atoms in total. The van der Waals surface area contributed by atoms with Gasteiger partial charge in [-0.15, -0.1) is 5.10 Å². The van der Waals surface area contributed by atoms with Gasteiger partial charge in [-0.05, 0) is 67.5 Å². The molecule has 25 heavy (non-hydrogen) atoms. The number of hydrogen-bond donors (Lipinski definition) is 1. The summed E-state index contributed by atoms with van der Waals surface area (Å²) in [6.45, 7) is 16.1. The van der Waals surface area contributed by atoms with Crippen molar-refractivity contribution in [1.82, 2.24) is 30.4 Å². The summed E-state index contributed by atoms with van der Waals surface area (Å²) in [7, 11) is 0. The molecule has 2 aliphatic heterocycles. The van der Waals surface area contributed by atoms with Gasteiger partial charge in [-0.3, -0.25) is 4.68 Å². The van der Waals surface area contributed by atoms with Crippen LogP contribution in [0.15, 0.2) is 22.7 Å². The first-order chi connectivity index (χ1) is 11.9. The van der Waals surface area contributed by atoms with Gasteiger partial charge in [-0.1, -0.05) is 16.9 Å². The lowest BCUT2D eigenvalue weighted by molar-refractivity contribution is 0.179. The van der Waals surface area contributed by atoms with Crippen LogP contribution in [0.25, 0.3) is 0 Å². The fourth-order valence-electron chi connectivity index (χ4n) is 2.45. The van der Waals surface area contributed by atoms with Crippen LogP contribution in [0.2, 0.25) is 0 Å². The summed E-state index contributed by atoms with van der Waals surface area (Å²) in [5.41, 5.74) is 2.96. The highest BCUT2D eigenvalue weighted by Gasteiger charge is 2.11. The van der Waals surface area contributed by atoms with E-state index in [2.05, 4.69) is 72.5 Å². The minimum atomic E-state index is 0.404. The van der Waals surface area contributed by atoms with Gasteiger partial charge in [-0.2, -0.15) is 10.5 Å². The monoisotopic (exact) mass is 352 g/mol. The standard InChI is InChI=1S/C8H17N.C5H9N3.C4H10N4/c1-8(2)9-6-4-3-5-7-9;1-5(2)8-4-3-6-7-8;1-4(2)8-6-3-5-7-8/h8H,3-7H2,1-2H3;3-5H,1-2H3;4,6H,3H2,1-2H3. The molecule has 0 aromatic carbocycles. The number of rotatable bonds is 3. The topological polar surface area (TPSA) is 73.9 Å². The lowest BCUT2D eigenvalue weighted by atomic mass is 10.1. The van der Waals surface area contributed by atoms with Crippen LogP contribution >= 0.6 is 0 Å². The first kappa shape index (κ1) is 21.5. The van der Waals surface area contributed by atoms with Gasteiger partial charge >= 0.3 is 0 Å². The Morgan fingerprint density at radius 3 is 1.84 bits per heavy atom. The second-order valence-corrected chi connectivity index (χ2v) is 7.15. The Hall–Kier alpha value is -1.54. The van der Waals surface area contributed by atoms with Crippen molar-refractivity contribution in [3.63, 3.8) is 0 Å². The van der Waals surface area contributed by atoms with Gasteiger partial charge < -0.3 is 4.90 Å². The van der Waals surface area contributed by atoms with Gasteiger partial charge in [0.25, 0.3) is 0 Å². The molecule has 0 amide bonds. The normalized spacial score (nSPS) is 17.6. The van der Waals surface area contributed by atoms with Crippen LogP contribution in [0.1, 0.15) is 66.8 Å². The van der Waals surface area contributed by atoms with Crippen LogP contribution in [0.3, 0.4) is 0 Å². The molecule has 0 unspecified atom stereocenters. The minimum Gasteiger partial charge on any atom is -0.301 e. The van der Waals surface area contributed by atoms with Crippen LogP contribution in [-0.4, -0.2) is 56.9 Å². The molecule has 1 saturated heterocycles. The molecule has 0 radical (unpaired) electrons. The second kappa shape index (κ2) is 11.9. The number of nitrogens with zero attached hydrogens (tertiary/aromatic N) is 7. The summed E-state index contributed by atoms with van der Waals surface area (Å²) in [5, 5.41) is 16.7. The van der Waals surface area contributed by atoms with Crippen LogP contribution in [0.4, 0.5) is 0 Å². The first-order valence-electron chi connectivity index (χ1n) is 9.41. The quantitative estimate of drug-likeness (QED) is 0.903. The largest absolute Gasteiger partial charge is 0.301 e. The third kappa shape index (κ3) is 8.92. The van der Waals surface area contributed by atoms with E-state index in [-0.39, 0.29) is 0 Å². The summed E-state index contributed by atoms with van der Waals surface area (Å²) in [5.74, 6) is 0. The van der Waals surface area contributed by atoms with Crippen LogP contribution in [-0.2, 0) is 0 Å². The Morgan fingerprint density at radius 2 is 1.56 bits per heavy atom. The summed E-state index contributed by atoms with van der Waals surface area (Å²) in [6, 6.07) is 1.60. The predicted molar refractivity (Wildman–Crippen MR) is 101 cm³/mol. The highest BCUT2D eigenvalue weighted by molar-refractivity contribution is 4.67. The van der Waals surface area contributed by atoms with Gasteiger partial charge in [0, 0.05) is 18.3 Å². The lowest BCUT2D eigenvalue weighted by Crippen LogP contribution is -2.35. The molecule has 0 atom stereocenters. The van der Waals surface area contributed by atoms with E-state index in [1.807, 2.05) is 6.20 Å². The van der Waals surface area contributed by atoms with Crippen molar-refractivity contribution in [3.8, 4) is 0 Å². The van der Waals surface area contributed by atoms with E-state index in [1.54, 1.807) is 16.0 Å². The Kier molecular flexibility index (Phi) is 10.3. The van der Waals surface area contributed by atoms with Crippen molar-refractivity contribution in [1.29, 1.82) is 0 Å². The van der Waals surface area contributed by atoms with E-state index in [1.165, 1.54) is 32.4 Å². The molecule has 0 bridgehead atoms. The molecule has 3 heterocycles. The predicted octanol–water partition coefficient (Wildman–Crippen LogP) is 3.28. The average Bonchev–Trinajstić information content (AvgIpc) is 3.30. The number of hydrazine groups is 1. The summed E-state index contributed by atoms with van der Waals surface area (Å²) < 4.78 is 1.81. The minimum absolute atomic E-state index is 0.404. The fraction of sp³-hybridized carbons (Fsp3) is 0.882. The number of piperidine rings is 1. The van der Waals surface area contributed by atoms with Crippen LogP contribution < -0.4 is 5.43 Å². The highest BCUT2D eigenvalue weighted by atomic mass is 15.8. The van der Waals surface area contributed by atoms with Gasteiger partial charge in [0.2, 0.25) is 0 Å². The highest BCUT2D eigenvalue weighted by Crippen LogP contribution is 2.10. The first-order valence-corrected chi connectivity index (χ1v) is 9.41. The van der Waals surface area contributed by atoms with E-state index in [0.717, 1.165) is 6.04 Å². The molecule has 0 spiro atoms. The van der Waals surface area contributed by atoms with Crippen molar-refractivity contribution < 1.29 is 0 Å². The SMILES string of the molecule is CC(C)N1CCCCC1.CC(C)N1N=NCN1.CC(C)n1ccnn1. The van der Waals surface area contributed by atoms with Crippen molar-refractivity contribution in [2.75, 3.05) is 19.8 Å². The molecule has 0 saturated carbocycles. The molecule has 2 aliphatic rings. The zero-order valence-electron chi connectivity index (χ0n) is 16.8.